The third-order valence-corrected chi connectivity index (χ3v) is 6.19. The summed E-state index contributed by atoms with van der Waals surface area (Å²) in [6, 6.07) is 8.91. The number of likely N-dealkylation sites (tertiary alicyclic amines) is 1. The van der Waals surface area contributed by atoms with Crippen LogP contribution in [0.15, 0.2) is 36.7 Å². The van der Waals surface area contributed by atoms with Gasteiger partial charge in [0.15, 0.2) is 0 Å². The van der Waals surface area contributed by atoms with Gasteiger partial charge in [-0.25, -0.2) is 9.97 Å². The van der Waals surface area contributed by atoms with Crippen molar-refractivity contribution in [3.05, 3.63) is 59.3 Å². The van der Waals surface area contributed by atoms with Gasteiger partial charge in [-0.3, -0.25) is 9.69 Å². The Morgan fingerprint density at radius 1 is 1.23 bits per heavy atom. The maximum Gasteiger partial charge on any atom is 0.257 e. The van der Waals surface area contributed by atoms with Crippen LogP contribution >= 0.6 is 0 Å². The molecule has 4 rings (SSSR count). The molecular weight excluding hydrogens is 374 g/mol. The van der Waals surface area contributed by atoms with E-state index in [2.05, 4.69) is 39.1 Å². The molecule has 1 atom stereocenters. The highest BCUT2D eigenvalue weighted by Crippen LogP contribution is 2.31. The quantitative estimate of drug-likeness (QED) is 0.657. The molecule has 1 saturated heterocycles. The number of hydrogen-bond acceptors (Lipinski definition) is 4. The molecule has 3 aromatic rings. The van der Waals surface area contributed by atoms with E-state index in [-0.39, 0.29) is 11.9 Å². The smallest absolute Gasteiger partial charge is 0.257 e. The molecule has 1 aliphatic rings. The molecule has 1 fully saturated rings. The van der Waals surface area contributed by atoms with Gasteiger partial charge in [0.1, 0.15) is 5.82 Å². The van der Waals surface area contributed by atoms with Crippen molar-refractivity contribution in [1.29, 1.82) is 0 Å². The van der Waals surface area contributed by atoms with Gasteiger partial charge in [-0.1, -0.05) is 12.5 Å². The van der Waals surface area contributed by atoms with Gasteiger partial charge in [0, 0.05) is 37.5 Å². The van der Waals surface area contributed by atoms with Crippen LogP contribution in [0.5, 0.6) is 0 Å². The Hall–Kier alpha value is -2.73. The van der Waals surface area contributed by atoms with Crippen molar-refractivity contribution in [1.82, 2.24) is 24.8 Å². The summed E-state index contributed by atoms with van der Waals surface area (Å²) >= 11 is 0. The molecule has 0 saturated carbocycles. The number of aryl methyl sites for hydroxylation is 1. The number of rotatable bonds is 6. The van der Waals surface area contributed by atoms with E-state index >= 15 is 0 Å². The van der Waals surface area contributed by atoms with Crippen LogP contribution < -0.4 is 0 Å². The number of nitrogens with zero attached hydrogens (tertiary/aromatic N) is 4. The first-order chi connectivity index (χ1) is 14.6. The van der Waals surface area contributed by atoms with Crippen LogP contribution in [0.25, 0.3) is 10.9 Å². The van der Waals surface area contributed by atoms with Crippen molar-refractivity contribution >= 4 is 16.8 Å². The molecule has 1 N–H and O–H groups in total. The molecule has 1 amide bonds. The normalized spacial score (nSPS) is 17.4. The zero-order valence-corrected chi connectivity index (χ0v) is 18.2. The Balaban J connectivity index is 1.56. The van der Waals surface area contributed by atoms with Gasteiger partial charge < -0.3 is 9.88 Å². The number of carbonyl (C=O) groups is 1. The van der Waals surface area contributed by atoms with Crippen molar-refractivity contribution in [2.75, 3.05) is 19.6 Å². The number of carbonyl (C=O) groups excluding carboxylic acids is 1. The second-order valence-electron chi connectivity index (χ2n) is 8.09. The average Bonchev–Trinajstić information content (AvgIpc) is 3.23. The molecule has 158 valence electrons. The summed E-state index contributed by atoms with van der Waals surface area (Å²) in [4.78, 5) is 29.8. The highest BCUT2D eigenvalue weighted by Gasteiger charge is 2.27. The van der Waals surface area contributed by atoms with Crippen LogP contribution in [0.2, 0.25) is 0 Å². The first-order valence-corrected chi connectivity index (χ1v) is 11.0. The SMILES string of the molecule is CCN(CC)C(=O)c1cnc(C2CCCCN2Cc2ccc3[nH]ccc3c2)nc1C. The van der Waals surface area contributed by atoms with Crippen LogP contribution in [0.3, 0.4) is 0 Å². The number of amides is 1. The van der Waals surface area contributed by atoms with Crippen molar-refractivity contribution in [2.45, 2.75) is 52.6 Å². The molecule has 3 heterocycles. The van der Waals surface area contributed by atoms with Gasteiger partial charge >= 0.3 is 0 Å². The maximum absolute atomic E-state index is 12.7. The zero-order chi connectivity index (χ0) is 21.1. The van der Waals surface area contributed by atoms with E-state index < -0.39 is 0 Å². The molecule has 2 aromatic heterocycles. The summed E-state index contributed by atoms with van der Waals surface area (Å²) in [5.41, 5.74) is 3.86. The molecule has 0 radical (unpaired) electrons. The van der Waals surface area contributed by atoms with Crippen molar-refractivity contribution < 1.29 is 4.79 Å². The number of piperidine rings is 1. The third-order valence-electron chi connectivity index (χ3n) is 6.19. The lowest BCUT2D eigenvalue weighted by Crippen LogP contribution is -2.35. The predicted molar refractivity (Wildman–Crippen MR) is 119 cm³/mol. The van der Waals surface area contributed by atoms with E-state index in [1.54, 1.807) is 6.20 Å². The Bertz CT molecular complexity index is 1020. The average molecular weight is 406 g/mol. The molecular formula is C24H31N5O. The number of H-pyrrole nitrogens is 1. The molecule has 1 unspecified atom stereocenters. The highest BCUT2D eigenvalue weighted by atomic mass is 16.2. The second kappa shape index (κ2) is 8.96. The monoisotopic (exact) mass is 405 g/mol. The minimum absolute atomic E-state index is 0.0179. The van der Waals surface area contributed by atoms with E-state index in [0.717, 1.165) is 31.0 Å². The number of benzene rings is 1. The minimum atomic E-state index is 0.0179. The summed E-state index contributed by atoms with van der Waals surface area (Å²) in [6.45, 7) is 9.23. The lowest BCUT2D eigenvalue weighted by molar-refractivity contribution is 0.0770. The number of aromatic nitrogens is 3. The summed E-state index contributed by atoms with van der Waals surface area (Å²) in [6.07, 6.45) is 7.14. The lowest BCUT2D eigenvalue weighted by atomic mass is 9.99. The van der Waals surface area contributed by atoms with Crippen LogP contribution in [0, 0.1) is 6.92 Å². The minimum Gasteiger partial charge on any atom is -0.361 e. The summed E-state index contributed by atoms with van der Waals surface area (Å²) in [7, 11) is 0. The molecule has 0 aliphatic carbocycles. The molecule has 0 bridgehead atoms. The highest BCUT2D eigenvalue weighted by molar-refractivity contribution is 5.94. The molecule has 30 heavy (non-hydrogen) atoms. The first-order valence-electron chi connectivity index (χ1n) is 11.0. The van der Waals surface area contributed by atoms with Gasteiger partial charge in [-0.2, -0.15) is 0 Å². The third kappa shape index (κ3) is 4.10. The summed E-state index contributed by atoms with van der Waals surface area (Å²) < 4.78 is 0. The fourth-order valence-corrected chi connectivity index (χ4v) is 4.44. The Morgan fingerprint density at radius 3 is 2.83 bits per heavy atom. The van der Waals surface area contributed by atoms with E-state index in [1.807, 2.05) is 31.9 Å². The molecule has 6 heteroatoms. The van der Waals surface area contributed by atoms with Gasteiger partial charge in [-0.15, -0.1) is 0 Å². The molecule has 6 nitrogen and oxygen atoms in total. The zero-order valence-electron chi connectivity index (χ0n) is 18.2. The van der Waals surface area contributed by atoms with Gasteiger partial charge in [0.25, 0.3) is 5.91 Å². The van der Waals surface area contributed by atoms with E-state index in [9.17, 15) is 4.79 Å². The number of nitrogens with one attached hydrogen (secondary N) is 1. The van der Waals surface area contributed by atoms with Gasteiger partial charge in [0.05, 0.1) is 17.3 Å². The van der Waals surface area contributed by atoms with E-state index in [4.69, 9.17) is 4.98 Å². The van der Waals surface area contributed by atoms with E-state index in [0.29, 0.717) is 18.7 Å². The largest absolute Gasteiger partial charge is 0.361 e. The number of hydrogen-bond donors (Lipinski definition) is 1. The van der Waals surface area contributed by atoms with Crippen LogP contribution in [-0.4, -0.2) is 50.3 Å². The Kier molecular flexibility index (Phi) is 6.13. The Morgan fingerprint density at radius 2 is 2.07 bits per heavy atom. The van der Waals surface area contributed by atoms with Gasteiger partial charge in [0.2, 0.25) is 0 Å². The van der Waals surface area contributed by atoms with Crippen molar-refractivity contribution in [3.63, 3.8) is 0 Å². The standard InChI is InChI=1S/C24H31N5O/c1-4-28(5-2)24(30)20-15-26-23(27-17(20)3)22-8-6-7-13-29(22)16-18-9-10-21-19(14-18)11-12-25-21/h9-12,14-15,22,25H,4-8,13,16H2,1-3H3. The van der Waals surface area contributed by atoms with Crippen molar-refractivity contribution in [2.24, 2.45) is 0 Å². The summed E-state index contributed by atoms with van der Waals surface area (Å²) in [5.74, 6) is 0.857. The maximum atomic E-state index is 12.7. The Labute approximate surface area is 178 Å². The van der Waals surface area contributed by atoms with Gasteiger partial charge in [-0.05, 0) is 69.3 Å². The van der Waals surface area contributed by atoms with Crippen LogP contribution in [0.1, 0.15) is 66.6 Å². The van der Waals surface area contributed by atoms with Crippen LogP contribution in [-0.2, 0) is 6.54 Å². The first kappa shape index (κ1) is 20.5. The van der Waals surface area contributed by atoms with E-state index in [1.165, 1.54) is 29.3 Å². The van der Waals surface area contributed by atoms with Crippen LogP contribution in [0.4, 0.5) is 0 Å². The summed E-state index contributed by atoms with van der Waals surface area (Å²) in [5, 5.41) is 1.24. The topological polar surface area (TPSA) is 65.1 Å². The number of aromatic amines is 1. The fraction of sp³-hybridized carbons (Fsp3) is 0.458. The fourth-order valence-electron chi connectivity index (χ4n) is 4.44. The second-order valence-corrected chi connectivity index (χ2v) is 8.09. The predicted octanol–water partition coefficient (Wildman–Crippen LogP) is 4.48. The lowest BCUT2D eigenvalue weighted by Gasteiger charge is -2.35. The molecule has 1 aliphatic heterocycles. The molecule has 1 aromatic carbocycles. The van der Waals surface area contributed by atoms with Crippen molar-refractivity contribution in [3.8, 4) is 0 Å². The molecule has 0 spiro atoms. The number of fused-ring (bicyclic) bond motifs is 1.